The molecule has 1 aliphatic rings. The second-order valence-corrected chi connectivity index (χ2v) is 6.28. The summed E-state index contributed by atoms with van der Waals surface area (Å²) in [6, 6.07) is 1.87. The quantitative estimate of drug-likeness (QED) is 0.880. The highest BCUT2D eigenvalue weighted by molar-refractivity contribution is 5.95. The van der Waals surface area contributed by atoms with Crippen molar-refractivity contribution in [2.75, 3.05) is 25.9 Å². The van der Waals surface area contributed by atoms with Crippen LogP contribution >= 0.6 is 0 Å². The fourth-order valence-electron chi connectivity index (χ4n) is 2.88. The average Bonchev–Trinajstić information content (AvgIpc) is 3.01. The number of rotatable bonds is 3. The molecule has 2 amide bonds. The maximum atomic E-state index is 12.7. The second kappa shape index (κ2) is 5.42. The number of nitrogens with zero attached hydrogens (tertiary/aromatic N) is 2. The molecule has 0 aromatic carbocycles. The summed E-state index contributed by atoms with van der Waals surface area (Å²) in [4.78, 5) is 26.4. The molecule has 6 nitrogen and oxygen atoms in total. The minimum Gasteiger partial charge on any atom is -0.397 e. The standard InChI is InChI=1S/C15H24N4O2/c1-10(2)19-8-11(16)7-12(19)13(20)18-6-5-15(3,9-18)14(21)17-4/h7-8,10H,5-6,9,16H2,1-4H3,(H,17,21). The first-order valence-corrected chi connectivity index (χ1v) is 7.27. The summed E-state index contributed by atoms with van der Waals surface area (Å²) in [6.45, 7) is 6.94. The van der Waals surface area contributed by atoms with Crippen molar-refractivity contribution in [3.05, 3.63) is 18.0 Å². The summed E-state index contributed by atoms with van der Waals surface area (Å²) >= 11 is 0. The zero-order valence-electron chi connectivity index (χ0n) is 13.1. The zero-order valence-corrected chi connectivity index (χ0v) is 13.1. The van der Waals surface area contributed by atoms with Gasteiger partial charge in [-0.15, -0.1) is 0 Å². The number of carbonyl (C=O) groups excluding carboxylic acids is 2. The van der Waals surface area contributed by atoms with Crippen LogP contribution in [0.15, 0.2) is 12.3 Å². The van der Waals surface area contributed by atoms with E-state index in [1.54, 1.807) is 24.2 Å². The number of aromatic nitrogens is 1. The Bertz CT molecular complexity index is 564. The maximum Gasteiger partial charge on any atom is 0.270 e. The Morgan fingerprint density at radius 1 is 1.43 bits per heavy atom. The van der Waals surface area contributed by atoms with Crippen LogP contribution in [0.2, 0.25) is 0 Å². The molecule has 116 valence electrons. The second-order valence-electron chi connectivity index (χ2n) is 6.28. The van der Waals surface area contributed by atoms with Crippen molar-refractivity contribution >= 4 is 17.5 Å². The van der Waals surface area contributed by atoms with Crippen LogP contribution in [0.5, 0.6) is 0 Å². The summed E-state index contributed by atoms with van der Waals surface area (Å²) in [5, 5.41) is 2.68. The molecule has 2 heterocycles. The van der Waals surface area contributed by atoms with E-state index in [-0.39, 0.29) is 17.9 Å². The summed E-state index contributed by atoms with van der Waals surface area (Å²) in [5.74, 6) is -0.0791. The first kappa shape index (κ1) is 15.4. The number of carbonyl (C=O) groups is 2. The number of anilines is 1. The van der Waals surface area contributed by atoms with E-state index >= 15 is 0 Å². The van der Waals surface area contributed by atoms with Crippen molar-refractivity contribution in [2.45, 2.75) is 33.2 Å². The smallest absolute Gasteiger partial charge is 0.270 e. The topological polar surface area (TPSA) is 80.4 Å². The van der Waals surface area contributed by atoms with Gasteiger partial charge >= 0.3 is 0 Å². The van der Waals surface area contributed by atoms with Gasteiger partial charge in [-0.05, 0) is 33.3 Å². The Hall–Kier alpha value is -1.98. The van der Waals surface area contributed by atoms with Crippen LogP contribution in [0.1, 0.15) is 43.7 Å². The van der Waals surface area contributed by atoms with E-state index in [2.05, 4.69) is 5.32 Å². The van der Waals surface area contributed by atoms with E-state index in [0.717, 1.165) is 0 Å². The lowest BCUT2D eigenvalue weighted by Gasteiger charge is -2.23. The first-order valence-electron chi connectivity index (χ1n) is 7.27. The molecule has 0 saturated carbocycles. The number of amides is 2. The van der Waals surface area contributed by atoms with Crippen molar-refractivity contribution in [2.24, 2.45) is 5.41 Å². The van der Waals surface area contributed by atoms with Crippen LogP contribution in [0.4, 0.5) is 5.69 Å². The van der Waals surface area contributed by atoms with Gasteiger partial charge in [-0.25, -0.2) is 0 Å². The molecule has 0 aliphatic carbocycles. The van der Waals surface area contributed by atoms with Gasteiger partial charge in [0, 0.05) is 32.4 Å². The molecule has 0 bridgehead atoms. The summed E-state index contributed by atoms with van der Waals surface area (Å²) in [6.07, 6.45) is 2.46. The lowest BCUT2D eigenvalue weighted by atomic mass is 9.89. The van der Waals surface area contributed by atoms with Gasteiger partial charge in [-0.1, -0.05) is 0 Å². The molecule has 0 spiro atoms. The third-order valence-corrected chi connectivity index (χ3v) is 4.18. The van der Waals surface area contributed by atoms with Crippen LogP contribution in [0.3, 0.4) is 0 Å². The van der Waals surface area contributed by atoms with Crippen LogP contribution in [0.25, 0.3) is 0 Å². The molecular weight excluding hydrogens is 268 g/mol. The average molecular weight is 292 g/mol. The normalized spacial score (nSPS) is 21.9. The van der Waals surface area contributed by atoms with Crippen molar-refractivity contribution in [1.82, 2.24) is 14.8 Å². The van der Waals surface area contributed by atoms with Gasteiger partial charge in [0.05, 0.1) is 11.1 Å². The highest BCUT2D eigenvalue weighted by atomic mass is 16.2. The van der Waals surface area contributed by atoms with E-state index in [4.69, 9.17) is 5.73 Å². The van der Waals surface area contributed by atoms with Gasteiger partial charge < -0.3 is 20.5 Å². The molecular formula is C15H24N4O2. The van der Waals surface area contributed by atoms with Crippen LogP contribution in [-0.2, 0) is 4.79 Å². The van der Waals surface area contributed by atoms with Gasteiger partial charge in [0.25, 0.3) is 5.91 Å². The predicted molar refractivity (Wildman–Crippen MR) is 81.9 cm³/mol. The van der Waals surface area contributed by atoms with Gasteiger partial charge in [0.15, 0.2) is 0 Å². The number of nitrogens with one attached hydrogen (secondary N) is 1. The van der Waals surface area contributed by atoms with Gasteiger partial charge in [-0.2, -0.15) is 0 Å². The molecule has 0 radical (unpaired) electrons. The number of hydrogen-bond acceptors (Lipinski definition) is 3. The van der Waals surface area contributed by atoms with Crippen LogP contribution in [0, 0.1) is 5.41 Å². The van der Waals surface area contributed by atoms with E-state index in [0.29, 0.717) is 30.9 Å². The minimum atomic E-state index is -0.509. The number of hydrogen-bond donors (Lipinski definition) is 2. The highest BCUT2D eigenvalue weighted by Crippen LogP contribution is 2.31. The minimum absolute atomic E-state index is 0.0171. The molecule has 21 heavy (non-hydrogen) atoms. The Balaban J connectivity index is 2.21. The van der Waals surface area contributed by atoms with E-state index in [9.17, 15) is 9.59 Å². The fraction of sp³-hybridized carbons (Fsp3) is 0.600. The van der Waals surface area contributed by atoms with Crippen molar-refractivity contribution in [3.63, 3.8) is 0 Å². The summed E-state index contributed by atoms with van der Waals surface area (Å²) in [7, 11) is 1.63. The third kappa shape index (κ3) is 2.75. The molecule has 6 heteroatoms. The predicted octanol–water partition coefficient (Wildman–Crippen LogP) is 1.25. The van der Waals surface area contributed by atoms with Crippen LogP contribution in [-0.4, -0.2) is 41.4 Å². The summed E-state index contributed by atoms with van der Waals surface area (Å²) in [5.41, 5.74) is 6.48. The van der Waals surface area contributed by atoms with Crippen molar-refractivity contribution in [3.8, 4) is 0 Å². The largest absolute Gasteiger partial charge is 0.397 e. The Labute approximate surface area is 125 Å². The molecule has 2 rings (SSSR count). The Morgan fingerprint density at radius 3 is 2.67 bits per heavy atom. The number of nitrogen functional groups attached to an aromatic ring is 1. The zero-order chi connectivity index (χ0) is 15.8. The summed E-state index contributed by atoms with van der Waals surface area (Å²) < 4.78 is 1.88. The van der Waals surface area contributed by atoms with Gasteiger partial charge in [-0.3, -0.25) is 9.59 Å². The first-order chi connectivity index (χ1) is 9.78. The van der Waals surface area contributed by atoms with Gasteiger partial charge in [0.2, 0.25) is 5.91 Å². The van der Waals surface area contributed by atoms with Crippen LogP contribution < -0.4 is 11.1 Å². The van der Waals surface area contributed by atoms with E-state index < -0.39 is 5.41 Å². The Kier molecular flexibility index (Phi) is 3.98. The van der Waals surface area contributed by atoms with Gasteiger partial charge in [0.1, 0.15) is 5.69 Å². The monoisotopic (exact) mass is 292 g/mol. The van der Waals surface area contributed by atoms with Crippen molar-refractivity contribution < 1.29 is 9.59 Å². The van der Waals surface area contributed by atoms with Crippen molar-refractivity contribution in [1.29, 1.82) is 0 Å². The number of likely N-dealkylation sites (tertiary alicyclic amines) is 1. The highest BCUT2D eigenvalue weighted by Gasteiger charge is 2.42. The molecule has 3 N–H and O–H groups in total. The molecule has 1 saturated heterocycles. The molecule has 1 fully saturated rings. The lowest BCUT2D eigenvalue weighted by molar-refractivity contribution is -0.128. The molecule has 1 aromatic rings. The molecule has 1 atom stereocenters. The number of nitrogens with two attached hydrogens (primary N) is 1. The van der Waals surface area contributed by atoms with E-state index in [1.807, 2.05) is 25.3 Å². The molecule has 1 unspecified atom stereocenters. The third-order valence-electron chi connectivity index (χ3n) is 4.18. The SMILES string of the molecule is CNC(=O)C1(C)CCN(C(=O)c2cc(N)cn2C(C)C)C1. The lowest BCUT2D eigenvalue weighted by Crippen LogP contribution is -2.40. The maximum absolute atomic E-state index is 12.7. The molecule has 1 aromatic heterocycles. The van der Waals surface area contributed by atoms with E-state index in [1.165, 1.54) is 0 Å². The fourth-order valence-corrected chi connectivity index (χ4v) is 2.88. The molecule has 1 aliphatic heterocycles. The Morgan fingerprint density at radius 2 is 2.10 bits per heavy atom.